The standard InChI is InChI=1S/C18H23NO7.C14H17ClO4.C11H17NO7.C4H7NO3.C4H8O.CH4/c1-13(26-17(22)11-19-14(2)20)18(23)24-10-6-9-16(21)25-12-15-7-4-3-5-8-15;1-11(15)14(17)18-9-5-8-13(16)19-10-12-6-3-2-4-7-12;1-7(19-10(16)6-12-8(2)13)11(17)18-5-3-4-9(14)15;1-3(6)5-2-4(7)8;1-2-4-5-3-1;/h3-5,7-8,13H,6,9-12H2,1-2H3,(H,19,20);2-4,6-7,11H,5,8-10H2,1H3;7H,3-6H2,1-2H3,(H,12,13)(H,14,15);2H2,1H3,(H,5,6)(H,7,8);1-4H2;1H4. The fraction of sp³-hybridized carbons (Fsp3) is 0.538. The van der Waals surface area contributed by atoms with Gasteiger partial charge in [0.15, 0.2) is 12.2 Å². The molecule has 0 aliphatic carbocycles. The third-order valence-electron chi connectivity index (χ3n) is 8.69. The maximum Gasteiger partial charge on any atom is 0.347 e. The largest absolute Gasteiger partial charge is 0.481 e. The highest BCUT2D eigenvalue weighted by Gasteiger charge is 2.21. The molecule has 0 bridgehead atoms. The van der Waals surface area contributed by atoms with Gasteiger partial charge in [-0.15, -0.1) is 11.6 Å². The van der Waals surface area contributed by atoms with E-state index in [4.69, 9.17) is 59.7 Å². The van der Waals surface area contributed by atoms with Crippen molar-refractivity contribution in [3.8, 4) is 0 Å². The summed E-state index contributed by atoms with van der Waals surface area (Å²) in [6.45, 7) is 9.64. The molecule has 438 valence electrons. The number of hydrogen-bond acceptors (Lipinski definition) is 20. The molecule has 2 aromatic rings. The fourth-order valence-corrected chi connectivity index (χ4v) is 4.89. The third kappa shape index (κ3) is 49.2. The first-order valence-electron chi connectivity index (χ1n) is 24.1. The monoisotopic (exact) mass is 1130 g/mol. The number of esters is 7. The Balaban J connectivity index is -0.000000972. The summed E-state index contributed by atoms with van der Waals surface area (Å²) in [5.74, 6) is -7.26. The Bertz CT molecular complexity index is 2080. The number of benzene rings is 2. The molecule has 0 aromatic heterocycles. The Morgan fingerprint density at radius 3 is 1.14 bits per heavy atom. The lowest BCUT2D eigenvalue weighted by atomic mass is 10.2. The molecule has 78 heavy (non-hydrogen) atoms. The highest BCUT2D eigenvalue weighted by atomic mass is 35.5. The molecule has 0 radical (unpaired) electrons. The molecule has 1 aliphatic heterocycles. The van der Waals surface area contributed by atoms with E-state index in [9.17, 15) is 57.5 Å². The molecule has 5 N–H and O–H groups in total. The van der Waals surface area contributed by atoms with Gasteiger partial charge < -0.3 is 64.1 Å². The summed E-state index contributed by atoms with van der Waals surface area (Å²) >= 11 is 5.52. The predicted molar refractivity (Wildman–Crippen MR) is 278 cm³/mol. The Morgan fingerprint density at radius 1 is 0.500 bits per heavy atom. The molecular formula is C52H76ClN3O22. The Hall–Kier alpha value is -7.67. The van der Waals surface area contributed by atoms with Crippen molar-refractivity contribution in [1.82, 2.24) is 16.0 Å². The number of ether oxygens (including phenoxy) is 8. The van der Waals surface area contributed by atoms with Gasteiger partial charge in [0.1, 0.15) is 38.2 Å². The van der Waals surface area contributed by atoms with Gasteiger partial charge in [-0.25, -0.2) is 9.59 Å². The topological polar surface area (TPSA) is 355 Å². The van der Waals surface area contributed by atoms with Crippen molar-refractivity contribution >= 4 is 83.0 Å². The predicted octanol–water partition coefficient (Wildman–Crippen LogP) is 3.90. The molecular weight excluding hydrogens is 1050 g/mol. The molecule has 2 aromatic carbocycles. The van der Waals surface area contributed by atoms with Crippen molar-refractivity contribution in [2.75, 3.05) is 52.7 Å². The summed E-state index contributed by atoms with van der Waals surface area (Å²) in [6, 6.07) is 18.7. The first-order chi connectivity index (χ1) is 36.4. The highest BCUT2D eigenvalue weighted by molar-refractivity contribution is 6.29. The van der Waals surface area contributed by atoms with E-state index in [1.54, 1.807) is 0 Å². The molecule has 25 nitrogen and oxygen atoms in total. The van der Waals surface area contributed by atoms with Gasteiger partial charge in [-0.2, -0.15) is 0 Å². The van der Waals surface area contributed by atoms with Crippen molar-refractivity contribution in [2.45, 2.75) is 131 Å². The number of hydrogen-bond donors (Lipinski definition) is 5. The van der Waals surface area contributed by atoms with Crippen LogP contribution in [0.3, 0.4) is 0 Å². The number of carboxylic acid groups (broad SMARTS) is 2. The molecule has 3 atom stereocenters. The molecule has 26 heteroatoms. The van der Waals surface area contributed by atoms with E-state index in [2.05, 4.69) is 16.0 Å². The zero-order valence-electron chi connectivity index (χ0n) is 44.2. The van der Waals surface area contributed by atoms with Crippen molar-refractivity contribution in [1.29, 1.82) is 0 Å². The van der Waals surface area contributed by atoms with E-state index in [-0.39, 0.29) is 115 Å². The van der Waals surface area contributed by atoms with Gasteiger partial charge in [-0.05, 0) is 64.0 Å². The molecule has 3 amide bonds. The molecule has 1 aliphatic rings. The maximum atomic E-state index is 11.7. The van der Waals surface area contributed by atoms with Gasteiger partial charge in [-0.1, -0.05) is 68.1 Å². The fourth-order valence-electron chi connectivity index (χ4n) is 4.82. The number of alkyl halides is 1. The molecule has 1 saturated heterocycles. The minimum atomic E-state index is -1.11. The number of carbonyl (C=O) groups excluding carboxylic acids is 10. The lowest BCUT2D eigenvalue weighted by Gasteiger charge is -2.12. The summed E-state index contributed by atoms with van der Waals surface area (Å²) in [7, 11) is 0. The Labute approximate surface area is 458 Å². The lowest BCUT2D eigenvalue weighted by Crippen LogP contribution is -2.33. The number of nitrogens with one attached hydrogen (secondary N) is 3. The van der Waals surface area contributed by atoms with Crippen LogP contribution in [0.1, 0.15) is 111 Å². The molecule has 3 unspecified atom stereocenters. The number of amides is 3. The zero-order valence-corrected chi connectivity index (χ0v) is 44.9. The number of carbonyl (C=O) groups is 12. The zero-order chi connectivity index (χ0) is 58.4. The SMILES string of the molecule is C.C1CCOC1.CC(=O)NCC(=O)O.CC(=O)NCC(=O)OC(C)C(=O)OCCCC(=O)O.CC(=O)NCC(=O)OC(C)C(=O)OCCCC(=O)OCc1ccccc1.CC(Cl)C(=O)OCCCC(=O)OCc1ccccc1. The normalized spacial score (nSPS) is 11.7. The second kappa shape index (κ2) is 47.8. The van der Waals surface area contributed by atoms with Gasteiger partial charge in [0.05, 0.1) is 19.8 Å². The van der Waals surface area contributed by atoms with E-state index in [1.165, 1.54) is 54.4 Å². The van der Waals surface area contributed by atoms with Crippen LogP contribution in [0.25, 0.3) is 0 Å². The molecule has 0 spiro atoms. The minimum Gasteiger partial charge on any atom is -0.481 e. The summed E-state index contributed by atoms with van der Waals surface area (Å²) in [6.07, 6.45) is 1.49. The van der Waals surface area contributed by atoms with Gasteiger partial charge in [0.25, 0.3) is 0 Å². The Morgan fingerprint density at radius 2 is 0.846 bits per heavy atom. The smallest absolute Gasteiger partial charge is 0.347 e. The summed E-state index contributed by atoms with van der Waals surface area (Å²) in [5, 5.41) is 22.2. The quantitative estimate of drug-likeness (QED) is 0.0366. The van der Waals surface area contributed by atoms with Crippen LogP contribution in [0.5, 0.6) is 0 Å². The second-order valence-corrected chi connectivity index (χ2v) is 16.5. The number of carboxylic acids is 2. The van der Waals surface area contributed by atoms with Crippen molar-refractivity contribution < 1.29 is 106 Å². The van der Waals surface area contributed by atoms with Gasteiger partial charge in [0, 0.05) is 53.2 Å². The van der Waals surface area contributed by atoms with Crippen molar-refractivity contribution in [2.24, 2.45) is 0 Å². The van der Waals surface area contributed by atoms with Crippen LogP contribution in [0.4, 0.5) is 0 Å². The molecule has 1 heterocycles. The van der Waals surface area contributed by atoms with Crippen LogP contribution >= 0.6 is 11.6 Å². The van der Waals surface area contributed by atoms with Crippen LogP contribution in [-0.2, 0) is 109 Å². The minimum absolute atomic E-state index is 0. The van der Waals surface area contributed by atoms with E-state index in [0.717, 1.165) is 24.3 Å². The molecule has 0 saturated carbocycles. The van der Waals surface area contributed by atoms with Crippen molar-refractivity contribution in [3.05, 3.63) is 71.8 Å². The number of aliphatic carboxylic acids is 2. The molecule has 1 fully saturated rings. The van der Waals surface area contributed by atoms with E-state index < -0.39 is 59.4 Å². The summed E-state index contributed by atoms with van der Waals surface area (Å²) in [4.78, 5) is 131. The Kier molecular flexibility index (Phi) is 45.7. The van der Waals surface area contributed by atoms with Gasteiger partial charge >= 0.3 is 53.7 Å². The van der Waals surface area contributed by atoms with Crippen LogP contribution in [-0.4, -0.2) is 152 Å². The molecule has 3 rings (SSSR count). The summed E-state index contributed by atoms with van der Waals surface area (Å²) in [5.41, 5.74) is 1.83. The van der Waals surface area contributed by atoms with Crippen LogP contribution < -0.4 is 16.0 Å². The van der Waals surface area contributed by atoms with Gasteiger partial charge in [0.2, 0.25) is 17.7 Å². The average molecular weight is 1130 g/mol. The van der Waals surface area contributed by atoms with E-state index in [1.807, 2.05) is 60.7 Å². The van der Waals surface area contributed by atoms with Crippen LogP contribution in [0, 0.1) is 0 Å². The third-order valence-corrected chi connectivity index (χ3v) is 8.87. The average Bonchev–Trinajstić information content (AvgIpc) is 3.99. The second-order valence-electron chi connectivity index (χ2n) is 15.8. The van der Waals surface area contributed by atoms with E-state index >= 15 is 0 Å². The van der Waals surface area contributed by atoms with Crippen LogP contribution in [0.2, 0.25) is 0 Å². The van der Waals surface area contributed by atoms with Crippen LogP contribution in [0.15, 0.2) is 60.7 Å². The summed E-state index contributed by atoms with van der Waals surface area (Å²) < 4.78 is 39.1. The van der Waals surface area contributed by atoms with E-state index in [0.29, 0.717) is 12.8 Å². The number of halogens is 1. The highest BCUT2D eigenvalue weighted by Crippen LogP contribution is 2.06. The first-order valence-corrected chi connectivity index (χ1v) is 24.5. The maximum absolute atomic E-state index is 11.7. The van der Waals surface area contributed by atoms with Crippen molar-refractivity contribution in [3.63, 3.8) is 0 Å². The first kappa shape index (κ1) is 74.6. The number of rotatable bonds is 27. The lowest BCUT2D eigenvalue weighted by molar-refractivity contribution is -0.166. The van der Waals surface area contributed by atoms with Gasteiger partial charge in [-0.3, -0.25) is 47.9 Å².